The molecule has 0 aromatic rings. The molecule has 0 aromatic heterocycles. The highest BCUT2D eigenvalue weighted by molar-refractivity contribution is 6.01. The topological polar surface area (TPSA) is 74.6 Å². The molecular weight excluding hydrogens is 347 g/mol. The van der Waals surface area contributed by atoms with Gasteiger partial charge in [-0.3, -0.25) is 9.59 Å². The first-order valence-corrected chi connectivity index (χ1v) is 9.97. The van der Waals surface area contributed by atoms with Gasteiger partial charge in [0.1, 0.15) is 5.60 Å². The van der Waals surface area contributed by atoms with Gasteiger partial charge in [-0.1, -0.05) is 25.5 Å². The van der Waals surface area contributed by atoms with Crippen LogP contribution in [0.2, 0.25) is 0 Å². The minimum atomic E-state index is -1.92. The van der Waals surface area contributed by atoms with Gasteiger partial charge in [0.15, 0.2) is 17.2 Å². The lowest BCUT2D eigenvalue weighted by Crippen LogP contribution is -2.69. The van der Waals surface area contributed by atoms with Crippen LogP contribution in [-0.2, 0) is 9.59 Å². The number of hydrogen-bond donors (Lipinski definition) is 2. The fraction of sp³-hybridized carbons (Fsp3) is 0.727. The van der Waals surface area contributed by atoms with Gasteiger partial charge in [-0.25, -0.2) is 4.39 Å². The molecule has 3 saturated carbocycles. The second-order valence-electron chi connectivity index (χ2n) is 9.72. The molecule has 0 bridgehead atoms. The number of hydrogen-bond acceptors (Lipinski definition) is 4. The van der Waals surface area contributed by atoms with Crippen molar-refractivity contribution in [3.63, 3.8) is 0 Å². The molecule has 4 rings (SSSR count). The molecule has 4 aliphatic rings. The van der Waals surface area contributed by atoms with E-state index in [0.717, 1.165) is 5.57 Å². The van der Waals surface area contributed by atoms with Crippen LogP contribution in [0.5, 0.6) is 0 Å². The summed E-state index contributed by atoms with van der Waals surface area (Å²) in [7, 11) is 0. The highest BCUT2D eigenvalue weighted by Crippen LogP contribution is 2.70. The maximum atomic E-state index is 16.8. The van der Waals surface area contributed by atoms with Crippen molar-refractivity contribution in [1.82, 2.24) is 0 Å². The van der Waals surface area contributed by atoms with Crippen LogP contribution in [0, 0.1) is 28.6 Å². The number of fused-ring (bicyclic) bond motifs is 5. The Labute approximate surface area is 159 Å². The fourth-order valence-corrected chi connectivity index (χ4v) is 7.30. The monoisotopic (exact) mass is 376 g/mol. The van der Waals surface area contributed by atoms with Gasteiger partial charge >= 0.3 is 0 Å². The summed E-state index contributed by atoms with van der Waals surface area (Å²) in [6.45, 7) is 6.87. The smallest absolute Gasteiger partial charge is 0.178 e. The van der Waals surface area contributed by atoms with Crippen LogP contribution in [0.25, 0.3) is 0 Å². The van der Waals surface area contributed by atoms with Gasteiger partial charge < -0.3 is 10.2 Å². The van der Waals surface area contributed by atoms with E-state index in [1.807, 2.05) is 13.8 Å². The number of aliphatic hydroxyl groups is 2. The van der Waals surface area contributed by atoms with Gasteiger partial charge in [0.25, 0.3) is 0 Å². The van der Waals surface area contributed by atoms with Crippen LogP contribution in [0.3, 0.4) is 0 Å². The van der Waals surface area contributed by atoms with E-state index < -0.39 is 34.1 Å². The average molecular weight is 376 g/mol. The Morgan fingerprint density at radius 1 is 1.30 bits per heavy atom. The van der Waals surface area contributed by atoms with Crippen LogP contribution < -0.4 is 0 Å². The van der Waals surface area contributed by atoms with Crippen molar-refractivity contribution in [3.8, 4) is 0 Å². The predicted molar refractivity (Wildman–Crippen MR) is 98.5 cm³/mol. The Morgan fingerprint density at radius 2 is 1.96 bits per heavy atom. The average Bonchev–Trinajstić information content (AvgIpc) is 2.79. The number of carbonyl (C=O) groups excluding carboxylic acids is 2. The summed E-state index contributed by atoms with van der Waals surface area (Å²) in [5.41, 5.74) is -4.62. The van der Waals surface area contributed by atoms with E-state index in [1.165, 1.54) is 19.1 Å². The van der Waals surface area contributed by atoms with E-state index in [9.17, 15) is 19.8 Å². The molecule has 0 amide bonds. The Bertz CT molecular complexity index is 787. The third-order valence-electron chi connectivity index (χ3n) is 8.76. The maximum Gasteiger partial charge on any atom is 0.178 e. The molecule has 0 heterocycles. The van der Waals surface area contributed by atoms with Gasteiger partial charge in [0.2, 0.25) is 0 Å². The number of allylic oxidation sites excluding steroid dienone is 4. The first-order valence-electron chi connectivity index (χ1n) is 9.97. The van der Waals surface area contributed by atoms with Gasteiger partial charge in [-0.05, 0) is 63.5 Å². The second-order valence-corrected chi connectivity index (χ2v) is 9.72. The third kappa shape index (κ3) is 1.95. The summed E-state index contributed by atoms with van der Waals surface area (Å²) in [6.07, 6.45) is 4.93. The van der Waals surface area contributed by atoms with Crippen molar-refractivity contribution >= 4 is 11.6 Å². The predicted octanol–water partition coefficient (Wildman–Crippen LogP) is 2.92. The SMILES string of the molecule is CC(=O)[C@@]1(O)[C@H](C)CC2C3CCC4=CC(=O)C=CC4(C)[C@@]3(F)[C@@H](O)CC21C. The summed E-state index contributed by atoms with van der Waals surface area (Å²) in [4.78, 5) is 24.3. The lowest BCUT2D eigenvalue weighted by Gasteiger charge is -2.62. The molecule has 0 aliphatic heterocycles. The highest BCUT2D eigenvalue weighted by atomic mass is 19.1. The minimum absolute atomic E-state index is 0.0374. The Balaban J connectivity index is 1.85. The standard InChI is InChI=1S/C22H29FO4/c1-12-9-17-16-6-5-14-10-15(25)7-8-19(14,3)21(16,23)18(26)11-20(17,4)22(12,27)13(2)24/h7-8,10,12,16-18,26-27H,5-6,9,11H2,1-4H3/t12-,16?,17?,18+,19?,20?,21+,22+/m1/s1. The first-order chi connectivity index (χ1) is 12.4. The molecule has 0 radical (unpaired) electrons. The number of Topliss-reactive ketones (excluding diaryl/α,β-unsaturated/α-hetero) is 1. The third-order valence-corrected chi connectivity index (χ3v) is 8.76. The maximum absolute atomic E-state index is 16.8. The first kappa shape index (κ1) is 19.0. The molecule has 4 nitrogen and oxygen atoms in total. The number of rotatable bonds is 1. The normalized spacial score (nSPS) is 54.0. The largest absolute Gasteiger partial charge is 0.390 e. The Morgan fingerprint density at radius 3 is 2.59 bits per heavy atom. The summed E-state index contributed by atoms with van der Waals surface area (Å²) < 4.78 is 16.8. The van der Waals surface area contributed by atoms with Gasteiger partial charge in [0.05, 0.1) is 6.10 Å². The molecule has 0 saturated heterocycles. The number of ketones is 2. The Hall–Kier alpha value is -1.33. The minimum Gasteiger partial charge on any atom is -0.390 e. The molecule has 4 aliphatic carbocycles. The van der Waals surface area contributed by atoms with E-state index in [0.29, 0.717) is 19.3 Å². The fourth-order valence-electron chi connectivity index (χ4n) is 7.30. The van der Waals surface area contributed by atoms with E-state index in [4.69, 9.17) is 0 Å². The van der Waals surface area contributed by atoms with Crippen LogP contribution in [0.15, 0.2) is 23.8 Å². The molecule has 2 N–H and O–H groups in total. The van der Waals surface area contributed by atoms with Crippen molar-refractivity contribution < 1.29 is 24.2 Å². The van der Waals surface area contributed by atoms with Crippen LogP contribution in [0.1, 0.15) is 53.4 Å². The number of carbonyl (C=O) groups is 2. The summed E-state index contributed by atoms with van der Waals surface area (Å²) in [5, 5.41) is 22.5. The van der Waals surface area contributed by atoms with E-state index >= 15 is 4.39 Å². The Kier molecular flexibility index (Phi) is 3.79. The molecule has 4 unspecified atom stereocenters. The number of alkyl halides is 1. The highest BCUT2D eigenvalue weighted by Gasteiger charge is 2.75. The van der Waals surface area contributed by atoms with Crippen molar-refractivity contribution in [2.24, 2.45) is 28.6 Å². The van der Waals surface area contributed by atoms with Crippen molar-refractivity contribution in [2.75, 3.05) is 0 Å². The zero-order valence-corrected chi connectivity index (χ0v) is 16.5. The lowest BCUT2D eigenvalue weighted by molar-refractivity contribution is -0.218. The zero-order chi connectivity index (χ0) is 20.0. The summed E-state index contributed by atoms with van der Waals surface area (Å²) in [5.74, 6) is -1.39. The van der Waals surface area contributed by atoms with E-state index in [2.05, 4.69) is 0 Å². The van der Waals surface area contributed by atoms with Crippen LogP contribution in [0.4, 0.5) is 4.39 Å². The molecule has 0 aromatic carbocycles. The second kappa shape index (κ2) is 5.38. The molecule has 3 fully saturated rings. The number of aliphatic hydroxyl groups excluding tert-OH is 1. The summed E-state index contributed by atoms with van der Waals surface area (Å²) >= 11 is 0. The number of halogens is 1. The molecule has 8 atom stereocenters. The van der Waals surface area contributed by atoms with E-state index in [1.54, 1.807) is 13.0 Å². The quantitative estimate of drug-likeness (QED) is 0.738. The van der Waals surface area contributed by atoms with Crippen molar-refractivity contribution in [2.45, 2.75) is 70.8 Å². The zero-order valence-electron chi connectivity index (χ0n) is 16.5. The lowest BCUT2D eigenvalue weighted by atomic mass is 9.44. The van der Waals surface area contributed by atoms with Gasteiger partial charge in [0, 0.05) is 16.7 Å². The van der Waals surface area contributed by atoms with Gasteiger partial charge in [-0.15, -0.1) is 0 Å². The van der Waals surface area contributed by atoms with Gasteiger partial charge in [-0.2, -0.15) is 0 Å². The molecule has 148 valence electrons. The van der Waals surface area contributed by atoms with E-state index in [-0.39, 0.29) is 29.8 Å². The van der Waals surface area contributed by atoms with Crippen molar-refractivity contribution in [3.05, 3.63) is 23.8 Å². The molecule has 0 spiro atoms. The molecule has 27 heavy (non-hydrogen) atoms. The van der Waals surface area contributed by atoms with Crippen molar-refractivity contribution in [1.29, 1.82) is 0 Å². The van der Waals surface area contributed by atoms with Crippen LogP contribution >= 0.6 is 0 Å². The summed E-state index contributed by atoms with van der Waals surface area (Å²) in [6, 6.07) is 0. The van der Waals surface area contributed by atoms with Crippen LogP contribution in [-0.4, -0.2) is 39.2 Å². The molecule has 5 heteroatoms. The molecular formula is C22H29FO4.